The summed E-state index contributed by atoms with van der Waals surface area (Å²) in [4.78, 5) is 8.47. The Hall–Kier alpha value is -2.34. The van der Waals surface area contributed by atoms with Crippen molar-refractivity contribution in [3.8, 4) is 17.1 Å². The first-order valence-corrected chi connectivity index (χ1v) is 7.03. The molecular weight excluding hydrogens is 272 g/mol. The third kappa shape index (κ3) is 2.97. The number of benzene rings is 1. The fraction of sp³-hybridized carbons (Fsp3) is 0.0714. The van der Waals surface area contributed by atoms with Gasteiger partial charge in [-0.2, -0.15) is 0 Å². The van der Waals surface area contributed by atoms with Gasteiger partial charge in [-0.3, -0.25) is 10.1 Å². The molecule has 2 N–H and O–H groups in total. The van der Waals surface area contributed by atoms with Gasteiger partial charge < -0.3 is 5.11 Å². The Bertz CT molecular complexity index is 682. The van der Waals surface area contributed by atoms with Crippen LogP contribution in [0.5, 0.6) is 5.75 Å². The zero-order valence-corrected chi connectivity index (χ0v) is 11.3. The van der Waals surface area contributed by atoms with Gasteiger partial charge >= 0.3 is 0 Å². The average Bonchev–Trinajstić information content (AvgIpc) is 2.97. The van der Waals surface area contributed by atoms with E-state index in [0.717, 1.165) is 16.9 Å². The second-order valence-corrected chi connectivity index (χ2v) is 5.11. The molecule has 0 atom stereocenters. The topological polar surface area (TPSA) is 74.7 Å². The molecule has 1 aromatic carbocycles. The predicted octanol–water partition coefficient (Wildman–Crippen LogP) is 2.86. The molecule has 0 saturated heterocycles. The van der Waals surface area contributed by atoms with Crippen LogP contribution in [0.3, 0.4) is 0 Å². The molecule has 100 valence electrons. The zero-order valence-electron chi connectivity index (χ0n) is 10.5. The summed E-state index contributed by atoms with van der Waals surface area (Å²) < 4.78 is 0. The van der Waals surface area contributed by atoms with E-state index in [1.165, 1.54) is 11.8 Å². The van der Waals surface area contributed by atoms with E-state index in [9.17, 15) is 5.11 Å². The summed E-state index contributed by atoms with van der Waals surface area (Å²) in [5.41, 5.74) is 2.03. The first-order valence-electron chi connectivity index (χ1n) is 6.05. The number of thioether (sulfide) groups is 1. The van der Waals surface area contributed by atoms with Gasteiger partial charge in [-0.15, -0.1) is 5.10 Å². The SMILES string of the molecule is Oc1ccc(CSc2n[nH]c(-c3cccnc3)n2)cc1. The predicted molar refractivity (Wildman–Crippen MR) is 77.3 cm³/mol. The van der Waals surface area contributed by atoms with E-state index in [0.29, 0.717) is 11.0 Å². The van der Waals surface area contributed by atoms with Gasteiger partial charge in [0.2, 0.25) is 5.16 Å². The summed E-state index contributed by atoms with van der Waals surface area (Å²) in [7, 11) is 0. The lowest BCUT2D eigenvalue weighted by atomic mass is 10.2. The first-order chi connectivity index (χ1) is 9.81. The lowest BCUT2D eigenvalue weighted by Crippen LogP contribution is -1.82. The highest BCUT2D eigenvalue weighted by Gasteiger charge is 2.06. The lowest BCUT2D eigenvalue weighted by molar-refractivity contribution is 0.475. The van der Waals surface area contributed by atoms with Crippen molar-refractivity contribution < 1.29 is 5.11 Å². The van der Waals surface area contributed by atoms with Gasteiger partial charge in [-0.05, 0) is 29.8 Å². The largest absolute Gasteiger partial charge is 0.508 e. The van der Waals surface area contributed by atoms with Gasteiger partial charge in [0.1, 0.15) is 5.75 Å². The molecule has 0 unspecified atom stereocenters. The van der Waals surface area contributed by atoms with E-state index < -0.39 is 0 Å². The minimum absolute atomic E-state index is 0.274. The van der Waals surface area contributed by atoms with Gasteiger partial charge in [-0.1, -0.05) is 23.9 Å². The molecule has 0 aliphatic rings. The number of hydrogen-bond donors (Lipinski definition) is 2. The first kappa shape index (κ1) is 12.7. The summed E-state index contributed by atoms with van der Waals surface area (Å²) in [6.07, 6.45) is 3.47. The van der Waals surface area contributed by atoms with Crippen molar-refractivity contribution in [2.45, 2.75) is 10.9 Å². The van der Waals surface area contributed by atoms with Crippen LogP contribution in [0.1, 0.15) is 5.56 Å². The third-order valence-corrected chi connectivity index (χ3v) is 3.62. The van der Waals surface area contributed by atoms with Gasteiger partial charge in [0, 0.05) is 23.7 Å². The number of aromatic amines is 1. The summed E-state index contributed by atoms with van der Waals surface area (Å²) >= 11 is 1.54. The second-order valence-electron chi connectivity index (χ2n) is 4.16. The Balaban J connectivity index is 1.67. The van der Waals surface area contributed by atoms with Crippen molar-refractivity contribution in [1.29, 1.82) is 0 Å². The molecule has 0 radical (unpaired) electrons. The van der Waals surface area contributed by atoms with Gasteiger partial charge in [0.15, 0.2) is 5.82 Å². The minimum Gasteiger partial charge on any atom is -0.508 e. The number of aromatic nitrogens is 4. The number of nitrogens with zero attached hydrogens (tertiary/aromatic N) is 3. The van der Waals surface area contributed by atoms with Gasteiger partial charge in [0.25, 0.3) is 0 Å². The molecule has 0 amide bonds. The van der Waals surface area contributed by atoms with E-state index in [-0.39, 0.29) is 5.75 Å². The van der Waals surface area contributed by atoms with Crippen molar-refractivity contribution in [2.75, 3.05) is 0 Å². The van der Waals surface area contributed by atoms with E-state index in [1.54, 1.807) is 24.5 Å². The van der Waals surface area contributed by atoms with Crippen LogP contribution in [0.15, 0.2) is 53.9 Å². The monoisotopic (exact) mass is 284 g/mol. The number of phenols is 1. The smallest absolute Gasteiger partial charge is 0.209 e. The molecule has 0 spiro atoms. The lowest BCUT2D eigenvalue weighted by Gasteiger charge is -1.98. The molecule has 0 saturated carbocycles. The summed E-state index contributed by atoms with van der Waals surface area (Å²) in [5, 5.41) is 17.0. The van der Waals surface area contributed by atoms with Gasteiger partial charge in [-0.25, -0.2) is 4.98 Å². The normalized spacial score (nSPS) is 10.6. The second kappa shape index (κ2) is 5.75. The van der Waals surface area contributed by atoms with Crippen molar-refractivity contribution in [2.24, 2.45) is 0 Å². The maximum absolute atomic E-state index is 9.23. The fourth-order valence-electron chi connectivity index (χ4n) is 1.68. The molecule has 3 rings (SSSR count). The van der Waals surface area contributed by atoms with Crippen LogP contribution in [-0.2, 0) is 5.75 Å². The standard InChI is InChI=1S/C14H12N4OS/c19-12-5-3-10(4-6-12)9-20-14-16-13(17-18-14)11-2-1-7-15-8-11/h1-8,19H,9H2,(H,16,17,18). The highest BCUT2D eigenvalue weighted by molar-refractivity contribution is 7.98. The number of aromatic hydroxyl groups is 1. The molecule has 5 nitrogen and oxygen atoms in total. The number of nitrogens with one attached hydrogen (secondary N) is 1. The molecule has 3 aromatic rings. The highest BCUT2D eigenvalue weighted by atomic mass is 32.2. The third-order valence-electron chi connectivity index (χ3n) is 2.70. The Kier molecular flexibility index (Phi) is 3.64. The number of phenolic OH excluding ortho intramolecular Hbond substituents is 1. The molecular formula is C14H12N4OS. The summed E-state index contributed by atoms with van der Waals surface area (Å²) in [6, 6.07) is 10.9. The fourth-order valence-corrected chi connectivity index (χ4v) is 2.44. The van der Waals surface area contributed by atoms with E-state index >= 15 is 0 Å². The number of pyridine rings is 1. The van der Waals surface area contributed by atoms with E-state index in [2.05, 4.69) is 20.2 Å². The van der Waals surface area contributed by atoms with Crippen LogP contribution >= 0.6 is 11.8 Å². The average molecular weight is 284 g/mol. The highest BCUT2D eigenvalue weighted by Crippen LogP contribution is 2.22. The molecule has 2 aromatic heterocycles. The van der Waals surface area contributed by atoms with Crippen molar-refractivity contribution >= 4 is 11.8 Å². The van der Waals surface area contributed by atoms with Crippen molar-refractivity contribution in [3.05, 3.63) is 54.4 Å². The quantitative estimate of drug-likeness (QED) is 0.721. The molecule has 6 heteroatoms. The minimum atomic E-state index is 0.274. The Labute approximate surface area is 120 Å². The van der Waals surface area contributed by atoms with Gasteiger partial charge in [0.05, 0.1) is 0 Å². The Morgan fingerprint density at radius 3 is 2.75 bits per heavy atom. The maximum atomic E-state index is 9.23. The Morgan fingerprint density at radius 1 is 1.15 bits per heavy atom. The van der Waals surface area contributed by atoms with Crippen LogP contribution in [0.25, 0.3) is 11.4 Å². The number of rotatable bonds is 4. The molecule has 0 fully saturated rings. The molecule has 0 aliphatic heterocycles. The van der Waals surface area contributed by atoms with Crippen LogP contribution in [0.2, 0.25) is 0 Å². The number of H-pyrrole nitrogens is 1. The van der Waals surface area contributed by atoms with Crippen LogP contribution in [-0.4, -0.2) is 25.3 Å². The van der Waals surface area contributed by atoms with Crippen LogP contribution in [0.4, 0.5) is 0 Å². The number of hydrogen-bond acceptors (Lipinski definition) is 5. The van der Waals surface area contributed by atoms with Crippen LogP contribution in [0, 0.1) is 0 Å². The van der Waals surface area contributed by atoms with E-state index in [4.69, 9.17) is 0 Å². The molecule has 0 bridgehead atoms. The molecule has 20 heavy (non-hydrogen) atoms. The summed E-state index contributed by atoms with van der Waals surface area (Å²) in [5.74, 6) is 1.74. The zero-order chi connectivity index (χ0) is 13.8. The summed E-state index contributed by atoms with van der Waals surface area (Å²) in [6.45, 7) is 0. The van der Waals surface area contributed by atoms with Crippen LogP contribution < -0.4 is 0 Å². The maximum Gasteiger partial charge on any atom is 0.209 e. The Morgan fingerprint density at radius 2 is 2.00 bits per heavy atom. The molecule has 2 heterocycles. The van der Waals surface area contributed by atoms with Crippen molar-refractivity contribution in [1.82, 2.24) is 20.2 Å². The van der Waals surface area contributed by atoms with Crippen molar-refractivity contribution in [3.63, 3.8) is 0 Å². The van der Waals surface area contributed by atoms with E-state index in [1.807, 2.05) is 24.3 Å². The molecule has 0 aliphatic carbocycles.